The molecular weight excluding hydrogens is 698 g/mol. The van der Waals surface area contributed by atoms with Gasteiger partial charge in [0.15, 0.2) is 6.61 Å². The Morgan fingerprint density at radius 3 is 2.37 bits per heavy atom. The lowest BCUT2D eigenvalue weighted by Gasteiger charge is -2.44. The lowest BCUT2D eigenvalue weighted by molar-refractivity contribution is -0.139. The number of nitrogens with zero attached hydrogens (tertiary/aromatic N) is 1. The van der Waals surface area contributed by atoms with Crippen LogP contribution in [0.15, 0.2) is 102 Å². The molecule has 1 saturated heterocycles. The molecule has 52 heavy (non-hydrogen) atoms. The maximum Gasteiger partial charge on any atom is 0.341 e. The smallest absolute Gasteiger partial charge is 0.341 e. The standard InChI is InChI=1S/C42H48ClNO7S/c1-7-8-14-38-36(35-23-33(19-20-37(35)49-6)52(47,48)44(5)25-29-15-17-32(43)18-16-29)24-34(27(2)3)42(51-38)41-28(4)21-31(30-12-10-9-11-13-30)22-39(41)50-26-40(45)46/h9-13,15-23,34,36,38,42H,2,7-8,14,24-26H2,1,3-6H3,(H,45,46)/t34-,36-,38+,42+/m0/s1. The van der Waals surface area contributed by atoms with Gasteiger partial charge in [-0.25, -0.2) is 13.2 Å². The summed E-state index contributed by atoms with van der Waals surface area (Å²) >= 11 is 6.05. The van der Waals surface area contributed by atoms with Crippen molar-refractivity contribution in [1.82, 2.24) is 4.31 Å². The van der Waals surface area contributed by atoms with Crippen LogP contribution in [-0.4, -0.2) is 50.7 Å². The number of hydrogen-bond acceptors (Lipinski definition) is 6. The van der Waals surface area contributed by atoms with E-state index >= 15 is 0 Å². The largest absolute Gasteiger partial charge is 0.496 e. The second-order valence-electron chi connectivity index (χ2n) is 13.6. The molecule has 1 aliphatic rings. The molecule has 4 atom stereocenters. The van der Waals surface area contributed by atoms with E-state index in [2.05, 4.69) is 19.6 Å². The lowest BCUT2D eigenvalue weighted by atomic mass is 9.73. The van der Waals surface area contributed by atoms with E-state index in [1.165, 1.54) is 4.31 Å². The number of ether oxygens (including phenoxy) is 3. The quantitative estimate of drug-likeness (QED) is 0.121. The molecular formula is C42H48ClNO7S. The molecule has 0 spiro atoms. The number of halogens is 1. The number of methoxy groups -OCH3 is 1. The van der Waals surface area contributed by atoms with Crippen LogP contribution in [0.5, 0.6) is 11.5 Å². The van der Waals surface area contributed by atoms with Gasteiger partial charge in [0, 0.05) is 41.6 Å². The normalized spacial score (nSPS) is 19.0. The summed E-state index contributed by atoms with van der Waals surface area (Å²) in [6.45, 7) is 10.2. The van der Waals surface area contributed by atoms with E-state index in [4.69, 9.17) is 25.8 Å². The highest BCUT2D eigenvalue weighted by molar-refractivity contribution is 7.89. The van der Waals surface area contributed by atoms with Gasteiger partial charge in [-0.05, 0) is 85.3 Å². The fraction of sp³-hybridized carbons (Fsp3) is 0.357. The van der Waals surface area contributed by atoms with Gasteiger partial charge >= 0.3 is 5.97 Å². The number of sulfonamides is 1. The summed E-state index contributed by atoms with van der Waals surface area (Å²) in [6, 6.07) is 26.0. The molecule has 1 N–H and O–H groups in total. The molecule has 0 bridgehead atoms. The maximum atomic E-state index is 14.0. The number of unbranched alkanes of at least 4 members (excludes halogenated alkanes) is 1. The SMILES string of the molecule is C=C(C)[C@@H]1C[C@@H](c2cc(S(=O)(=O)N(C)Cc3ccc(Cl)cc3)ccc2OC)[C@@H](CCCC)O[C@H]1c1c(C)cc(-c2ccccc2)cc1OCC(=O)O. The highest BCUT2D eigenvalue weighted by atomic mass is 35.5. The average Bonchev–Trinajstić information content (AvgIpc) is 3.13. The molecule has 1 heterocycles. The number of rotatable bonds is 15. The van der Waals surface area contributed by atoms with Crippen LogP contribution in [0.2, 0.25) is 5.02 Å². The summed E-state index contributed by atoms with van der Waals surface area (Å²) < 4.78 is 48.3. The number of benzene rings is 4. The summed E-state index contributed by atoms with van der Waals surface area (Å²) in [6.07, 6.45) is 2.38. The minimum Gasteiger partial charge on any atom is -0.496 e. The first-order valence-electron chi connectivity index (χ1n) is 17.6. The zero-order valence-electron chi connectivity index (χ0n) is 30.5. The van der Waals surface area contributed by atoms with Gasteiger partial charge in [0.05, 0.1) is 24.2 Å². The van der Waals surface area contributed by atoms with Crippen molar-refractivity contribution in [2.45, 2.75) is 76.0 Å². The predicted molar refractivity (Wildman–Crippen MR) is 206 cm³/mol. The molecule has 0 radical (unpaired) electrons. The third-order valence-corrected chi connectivity index (χ3v) is 11.9. The lowest BCUT2D eigenvalue weighted by Crippen LogP contribution is -2.37. The van der Waals surface area contributed by atoms with Crippen LogP contribution in [0.4, 0.5) is 0 Å². The van der Waals surface area contributed by atoms with Gasteiger partial charge in [0.25, 0.3) is 0 Å². The van der Waals surface area contributed by atoms with Crippen molar-refractivity contribution in [3.05, 3.63) is 124 Å². The zero-order chi connectivity index (χ0) is 37.6. The Morgan fingerprint density at radius 2 is 1.73 bits per heavy atom. The van der Waals surface area contributed by atoms with E-state index in [0.717, 1.165) is 58.2 Å². The van der Waals surface area contributed by atoms with Gasteiger partial charge < -0.3 is 19.3 Å². The second-order valence-corrected chi connectivity index (χ2v) is 16.1. The van der Waals surface area contributed by atoms with Crippen molar-refractivity contribution in [3.8, 4) is 22.6 Å². The van der Waals surface area contributed by atoms with E-state index in [9.17, 15) is 18.3 Å². The Hall–Kier alpha value is -4.15. The van der Waals surface area contributed by atoms with Crippen molar-refractivity contribution >= 4 is 27.6 Å². The topological polar surface area (TPSA) is 102 Å². The Bertz CT molecular complexity index is 1980. The number of carbonyl (C=O) groups is 1. The van der Waals surface area contributed by atoms with Crippen molar-refractivity contribution < 1.29 is 32.5 Å². The molecule has 0 unspecified atom stereocenters. The van der Waals surface area contributed by atoms with Crippen LogP contribution < -0.4 is 9.47 Å². The van der Waals surface area contributed by atoms with Crippen LogP contribution in [0.1, 0.15) is 73.8 Å². The van der Waals surface area contributed by atoms with E-state index in [0.29, 0.717) is 22.9 Å². The Morgan fingerprint density at radius 1 is 1.02 bits per heavy atom. The molecule has 1 fully saturated rings. The first-order chi connectivity index (χ1) is 24.8. The van der Waals surface area contributed by atoms with Gasteiger partial charge in [-0.2, -0.15) is 4.31 Å². The maximum absolute atomic E-state index is 14.0. The monoisotopic (exact) mass is 745 g/mol. The third-order valence-electron chi connectivity index (χ3n) is 9.84. The van der Waals surface area contributed by atoms with E-state index in [1.54, 1.807) is 44.5 Å². The first kappa shape index (κ1) is 39.1. The van der Waals surface area contributed by atoms with Crippen LogP contribution in [0.3, 0.4) is 0 Å². The molecule has 10 heteroatoms. The Kier molecular flexibility index (Phi) is 12.9. The molecule has 5 rings (SSSR count). The third kappa shape index (κ3) is 8.89. The van der Waals surface area contributed by atoms with Gasteiger partial charge in [-0.3, -0.25) is 0 Å². The number of aliphatic carboxylic acids is 1. The molecule has 4 aromatic rings. The predicted octanol–water partition coefficient (Wildman–Crippen LogP) is 9.60. The fourth-order valence-electron chi connectivity index (χ4n) is 7.12. The summed E-state index contributed by atoms with van der Waals surface area (Å²) in [4.78, 5) is 11.9. The van der Waals surface area contributed by atoms with E-state index < -0.39 is 28.7 Å². The highest BCUT2D eigenvalue weighted by Crippen LogP contribution is 2.52. The molecule has 1 aliphatic heterocycles. The summed E-state index contributed by atoms with van der Waals surface area (Å²) in [5, 5.41) is 10.2. The Balaban J connectivity index is 1.56. The van der Waals surface area contributed by atoms with Crippen molar-refractivity contribution in [3.63, 3.8) is 0 Å². The Labute approximate surface area is 313 Å². The van der Waals surface area contributed by atoms with Crippen molar-refractivity contribution in [2.24, 2.45) is 5.92 Å². The number of carboxylic acids is 1. The molecule has 0 aliphatic carbocycles. The minimum absolute atomic E-state index is 0.166. The zero-order valence-corrected chi connectivity index (χ0v) is 32.0. The van der Waals surface area contributed by atoms with Crippen LogP contribution >= 0.6 is 11.6 Å². The summed E-state index contributed by atoms with van der Waals surface area (Å²) in [7, 11) is -0.723. The fourth-order valence-corrected chi connectivity index (χ4v) is 8.44. The number of carboxylic acid groups (broad SMARTS) is 1. The second kappa shape index (κ2) is 17.1. The molecule has 4 aromatic carbocycles. The molecule has 276 valence electrons. The van der Waals surface area contributed by atoms with Gasteiger partial charge in [-0.1, -0.05) is 92.0 Å². The van der Waals surface area contributed by atoms with E-state index in [1.807, 2.05) is 62.4 Å². The number of aryl methyl sites for hydroxylation is 1. The molecule has 8 nitrogen and oxygen atoms in total. The summed E-state index contributed by atoms with van der Waals surface area (Å²) in [5.74, 6) is -0.449. The molecule has 0 amide bonds. The molecule has 0 aromatic heterocycles. The van der Waals surface area contributed by atoms with Gasteiger partial charge in [-0.15, -0.1) is 0 Å². The van der Waals surface area contributed by atoms with Crippen molar-refractivity contribution in [2.75, 3.05) is 20.8 Å². The van der Waals surface area contributed by atoms with E-state index in [-0.39, 0.29) is 29.4 Å². The average molecular weight is 746 g/mol. The van der Waals surface area contributed by atoms with Gasteiger partial charge in [0.2, 0.25) is 10.0 Å². The van der Waals surface area contributed by atoms with Crippen LogP contribution in [0, 0.1) is 12.8 Å². The first-order valence-corrected chi connectivity index (χ1v) is 19.4. The minimum atomic E-state index is -3.88. The molecule has 0 saturated carbocycles. The highest BCUT2D eigenvalue weighted by Gasteiger charge is 2.42. The number of hydrogen-bond donors (Lipinski definition) is 1. The van der Waals surface area contributed by atoms with Crippen LogP contribution in [-0.2, 0) is 26.1 Å². The van der Waals surface area contributed by atoms with Crippen molar-refractivity contribution in [1.29, 1.82) is 0 Å². The van der Waals surface area contributed by atoms with Gasteiger partial charge in [0.1, 0.15) is 11.5 Å². The summed E-state index contributed by atoms with van der Waals surface area (Å²) in [5.41, 5.74) is 6.08. The van der Waals surface area contributed by atoms with Crippen LogP contribution in [0.25, 0.3) is 11.1 Å².